The highest BCUT2D eigenvalue weighted by Gasteiger charge is 2.28. The van der Waals surface area contributed by atoms with Crippen LogP contribution in [0.15, 0.2) is 0 Å². The zero-order valence-electron chi connectivity index (χ0n) is 11.4. The second-order valence-electron chi connectivity index (χ2n) is 5.75. The first-order valence-corrected chi connectivity index (χ1v) is 7.45. The lowest BCUT2D eigenvalue weighted by atomic mass is 9.86. The number of hydrogen-bond donors (Lipinski definition) is 2. The van der Waals surface area contributed by atoms with E-state index < -0.39 is 5.97 Å². The van der Waals surface area contributed by atoms with Crippen LogP contribution in [-0.2, 0) is 4.79 Å². The molecular weight excluding hydrogens is 244 g/mol. The quantitative estimate of drug-likeness (QED) is 0.806. The molecule has 1 saturated heterocycles. The van der Waals surface area contributed by atoms with Gasteiger partial charge in [-0.3, -0.25) is 4.79 Å². The van der Waals surface area contributed by atoms with Gasteiger partial charge in [0.2, 0.25) is 0 Å². The number of nitrogens with zero attached hydrogens (tertiary/aromatic N) is 1. The third kappa shape index (κ3) is 4.11. The van der Waals surface area contributed by atoms with Gasteiger partial charge in [0.25, 0.3) is 0 Å². The van der Waals surface area contributed by atoms with E-state index >= 15 is 0 Å². The number of aliphatic carboxylic acids is 1. The normalized spacial score (nSPS) is 28.5. The molecule has 0 aromatic heterocycles. The molecule has 0 aromatic rings. The number of urea groups is 1. The SMILES string of the molecule is O=C(O)C1CCCC(NC(=O)N2CCCCCC2)C1. The number of carboxylic acids is 1. The number of likely N-dealkylation sites (tertiary alicyclic amines) is 1. The minimum absolute atomic E-state index is 0.00191. The van der Waals surface area contributed by atoms with Crippen LogP contribution < -0.4 is 5.32 Å². The molecule has 2 amide bonds. The van der Waals surface area contributed by atoms with E-state index in [0.717, 1.165) is 45.2 Å². The topological polar surface area (TPSA) is 69.6 Å². The Labute approximate surface area is 114 Å². The van der Waals surface area contributed by atoms with Crippen molar-refractivity contribution >= 4 is 12.0 Å². The Morgan fingerprint density at radius 2 is 1.68 bits per heavy atom. The van der Waals surface area contributed by atoms with Crippen LogP contribution in [0.5, 0.6) is 0 Å². The highest BCUT2D eigenvalue weighted by molar-refractivity contribution is 5.75. The number of carbonyl (C=O) groups excluding carboxylic acids is 1. The average molecular weight is 268 g/mol. The first kappa shape index (κ1) is 14.2. The number of carboxylic acid groups (broad SMARTS) is 1. The zero-order chi connectivity index (χ0) is 13.7. The van der Waals surface area contributed by atoms with Gasteiger partial charge in [0.1, 0.15) is 0 Å². The minimum atomic E-state index is -0.728. The van der Waals surface area contributed by atoms with Crippen molar-refractivity contribution in [2.45, 2.75) is 57.4 Å². The lowest BCUT2D eigenvalue weighted by Crippen LogP contribution is -2.47. The molecule has 1 aliphatic carbocycles. The van der Waals surface area contributed by atoms with Crippen molar-refractivity contribution in [2.75, 3.05) is 13.1 Å². The Morgan fingerprint density at radius 1 is 1.00 bits per heavy atom. The molecule has 1 heterocycles. The number of rotatable bonds is 2. The number of nitrogens with one attached hydrogen (secondary N) is 1. The van der Waals surface area contributed by atoms with Crippen LogP contribution in [0.2, 0.25) is 0 Å². The smallest absolute Gasteiger partial charge is 0.317 e. The lowest BCUT2D eigenvalue weighted by Gasteiger charge is -2.30. The van der Waals surface area contributed by atoms with E-state index in [1.54, 1.807) is 0 Å². The molecule has 2 fully saturated rings. The Hall–Kier alpha value is -1.26. The molecule has 2 aliphatic rings. The molecule has 1 saturated carbocycles. The molecule has 5 nitrogen and oxygen atoms in total. The van der Waals surface area contributed by atoms with Crippen molar-refractivity contribution in [2.24, 2.45) is 5.92 Å². The Balaban J connectivity index is 1.82. The number of carbonyl (C=O) groups is 2. The summed E-state index contributed by atoms with van der Waals surface area (Å²) in [7, 11) is 0. The van der Waals surface area contributed by atoms with E-state index in [9.17, 15) is 9.59 Å². The molecule has 1 aliphatic heterocycles. The summed E-state index contributed by atoms with van der Waals surface area (Å²) in [6, 6.07) is 0.0311. The summed E-state index contributed by atoms with van der Waals surface area (Å²) in [5.41, 5.74) is 0. The summed E-state index contributed by atoms with van der Waals surface area (Å²) in [4.78, 5) is 25.1. The Kier molecular flexibility index (Phi) is 5.05. The Morgan fingerprint density at radius 3 is 2.32 bits per heavy atom. The molecule has 108 valence electrons. The second-order valence-corrected chi connectivity index (χ2v) is 5.75. The van der Waals surface area contributed by atoms with Gasteiger partial charge in [-0.2, -0.15) is 0 Å². The van der Waals surface area contributed by atoms with Crippen LogP contribution in [0.25, 0.3) is 0 Å². The monoisotopic (exact) mass is 268 g/mol. The first-order valence-electron chi connectivity index (χ1n) is 7.45. The van der Waals surface area contributed by atoms with Gasteiger partial charge in [-0.15, -0.1) is 0 Å². The number of hydrogen-bond acceptors (Lipinski definition) is 2. The van der Waals surface area contributed by atoms with E-state index in [0.29, 0.717) is 6.42 Å². The molecule has 0 bridgehead atoms. The molecule has 2 atom stereocenters. The van der Waals surface area contributed by atoms with Crippen molar-refractivity contribution in [1.29, 1.82) is 0 Å². The maximum atomic E-state index is 12.2. The van der Waals surface area contributed by atoms with Crippen molar-refractivity contribution in [3.05, 3.63) is 0 Å². The van der Waals surface area contributed by atoms with E-state index in [1.165, 1.54) is 12.8 Å². The summed E-state index contributed by atoms with van der Waals surface area (Å²) >= 11 is 0. The third-order valence-electron chi connectivity index (χ3n) is 4.24. The van der Waals surface area contributed by atoms with Crippen LogP contribution in [0.4, 0.5) is 4.79 Å². The largest absolute Gasteiger partial charge is 0.481 e. The van der Waals surface area contributed by atoms with Crippen LogP contribution in [0.1, 0.15) is 51.4 Å². The first-order chi connectivity index (χ1) is 9.16. The highest BCUT2D eigenvalue weighted by atomic mass is 16.4. The van der Waals surface area contributed by atoms with Gasteiger partial charge in [0, 0.05) is 19.1 Å². The molecule has 2 rings (SSSR count). The van der Waals surface area contributed by atoms with Gasteiger partial charge in [0.05, 0.1) is 5.92 Å². The van der Waals surface area contributed by atoms with Gasteiger partial charge < -0.3 is 15.3 Å². The van der Waals surface area contributed by atoms with Crippen molar-refractivity contribution in [3.63, 3.8) is 0 Å². The Bertz CT molecular complexity index is 325. The van der Waals surface area contributed by atoms with Crippen LogP contribution in [0, 0.1) is 5.92 Å². The van der Waals surface area contributed by atoms with Crippen molar-refractivity contribution in [3.8, 4) is 0 Å². The van der Waals surface area contributed by atoms with Crippen LogP contribution in [0.3, 0.4) is 0 Å². The highest BCUT2D eigenvalue weighted by Crippen LogP contribution is 2.24. The average Bonchev–Trinajstić information content (AvgIpc) is 2.68. The van der Waals surface area contributed by atoms with Gasteiger partial charge in [-0.25, -0.2) is 4.79 Å². The summed E-state index contributed by atoms with van der Waals surface area (Å²) < 4.78 is 0. The van der Waals surface area contributed by atoms with Gasteiger partial charge in [0.15, 0.2) is 0 Å². The molecule has 0 radical (unpaired) electrons. The van der Waals surface area contributed by atoms with Gasteiger partial charge >= 0.3 is 12.0 Å². The van der Waals surface area contributed by atoms with E-state index in [1.807, 2.05) is 4.90 Å². The third-order valence-corrected chi connectivity index (χ3v) is 4.24. The maximum Gasteiger partial charge on any atom is 0.317 e. The van der Waals surface area contributed by atoms with Crippen molar-refractivity contribution in [1.82, 2.24) is 10.2 Å². The van der Waals surface area contributed by atoms with Crippen LogP contribution >= 0.6 is 0 Å². The molecular formula is C14H24N2O3. The molecule has 2 unspecified atom stereocenters. The van der Waals surface area contributed by atoms with Crippen LogP contribution in [-0.4, -0.2) is 41.1 Å². The summed E-state index contributed by atoms with van der Waals surface area (Å²) in [5, 5.41) is 12.1. The zero-order valence-corrected chi connectivity index (χ0v) is 11.4. The summed E-state index contributed by atoms with van der Waals surface area (Å²) in [5.74, 6) is -1.02. The van der Waals surface area contributed by atoms with Gasteiger partial charge in [-0.1, -0.05) is 19.3 Å². The summed E-state index contributed by atoms with van der Waals surface area (Å²) in [6.07, 6.45) is 7.68. The lowest BCUT2D eigenvalue weighted by molar-refractivity contribution is -0.143. The van der Waals surface area contributed by atoms with E-state index in [2.05, 4.69) is 5.32 Å². The molecule has 2 N–H and O–H groups in total. The minimum Gasteiger partial charge on any atom is -0.481 e. The van der Waals surface area contributed by atoms with Gasteiger partial charge in [-0.05, 0) is 32.1 Å². The fraction of sp³-hybridized carbons (Fsp3) is 0.857. The second kappa shape index (κ2) is 6.78. The number of amides is 2. The fourth-order valence-electron chi connectivity index (χ4n) is 3.08. The van der Waals surface area contributed by atoms with E-state index in [-0.39, 0.29) is 18.0 Å². The predicted octanol–water partition coefficient (Wildman–Crippen LogP) is 2.22. The maximum absolute atomic E-state index is 12.2. The van der Waals surface area contributed by atoms with E-state index in [4.69, 9.17) is 5.11 Å². The summed E-state index contributed by atoms with van der Waals surface area (Å²) in [6.45, 7) is 1.67. The fourth-order valence-corrected chi connectivity index (χ4v) is 3.08. The molecule has 5 heteroatoms. The molecule has 0 aromatic carbocycles. The molecule has 0 spiro atoms. The predicted molar refractivity (Wildman–Crippen MR) is 72.0 cm³/mol. The molecule has 19 heavy (non-hydrogen) atoms. The van der Waals surface area contributed by atoms with Crippen molar-refractivity contribution < 1.29 is 14.7 Å². The standard InChI is InChI=1S/C14H24N2O3/c17-13(18)11-6-5-7-12(10-11)15-14(19)16-8-3-1-2-4-9-16/h11-12H,1-10H2,(H,15,19)(H,17,18).